The third-order valence-corrected chi connectivity index (χ3v) is 6.64. The molecule has 1 unspecified atom stereocenters. The normalized spacial score (nSPS) is 18.6. The molecule has 26 heavy (non-hydrogen) atoms. The van der Waals surface area contributed by atoms with E-state index in [2.05, 4.69) is 41.3 Å². The lowest BCUT2D eigenvalue weighted by Gasteiger charge is -2.18. The van der Waals surface area contributed by atoms with Crippen molar-refractivity contribution in [3.05, 3.63) is 54.2 Å². The van der Waals surface area contributed by atoms with Crippen LogP contribution in [-0.2, 0) is 16.3 Å². The monoisotopic (exact) mass is 368 g/mol. The van der Waals surface area contributed by atoms with Crippen molar-refractivity contribution >= 4 is 20.7 Å². The lowest BCUT2D eigenvalue weighted by Crippen LogP contribution is -2.26. The van der Waals surface area contributed by atoms with Gasteiger partial charge in [-0.3, -0.25) is 0 Å². The number of hydrogen-bond acceptors (Lipinski definition) is 3. The molecule has 1 N–H and O–H groups in total. The molecule has 5 heteroatoms. The van der Waals surface area contributed by atoms with E-state index in [9.17, 15) is 8.42 Å². The number of rotatable bonds is 4. The number of hydrogen-bond donors (Lipinski definition) is 1. The van der Waals surface area contributed by atoms with E-state index < -0.39 is 9.84 Å². The molecule has 3 aromatic rings. The van der Waals surface area contributed by atoms with Gasteiger partial charge in [-0.25, -0.2) is 8.42 Å². The fraction of sp³-hybridized carbons (Fsp3) is 0.333. The van der Waals surface area contributed by atoms with Gasteiger partial charge in [0.2, 0.25) is 0 Å². The molecule has 136 valence electrons. The molecule has 0 bridgehead atoms. The van der Waals surface area contributed by atoms with Crippen LogP contribution in [0.3, 0.4) is 0 Å². The molecule has 4 nitrogen and oxygen atoms in total. The SMILES string of the molecule is CN1CCCC1Cc1c[nH]c2ccc(-c3ccc(S(C)(=O)=O)cc3)cc12. The molecule has 1 aliphatic heterocycles. The van der Waals surface area contributed by atoms with E-state index in [0.29, 0.717) is 10.9 Å². The first kappa shape index (κ1) is 17.3. The van der Waals surface area contributed by atoms with Crippen LogP contribution in [0, 0.1) is 0 Å². The molecule has 0 saturated carbocycles. The fourth-order valence-corrected chi connectivity index (χ4v) is 4.54. The van der Waals surface area contributed by atoms with Gasteiger partial charge in [0.25, 0.3) is 0 Å². The molecule has 1 aliphatic rings. The molecule has 2 heterocycles. The van der Waals surface area contributed by atoms with Crippen molar-refractivity contribution in [1.82, 2.24) is 9.88 Å². The Hall–Kier alpha value is -2.11. The minimum absolute atomic E-state index is 0.355. The summed E-state index contributed by atoms with van der Waals surface area (Å²) in [5, 5.41) is 1.26. The third-order valence-electron chi connectivity index (χ3n) is 5.51. The van der Waals surface area contributed by atoms with E-state index in [-0.39, 0.29) is 0 Å². The van der Waals surface area contributed by atoms with Gasteiger partial charge in [0.1, 0.15) is 0 Å². The van der Waals surface area contributed by atoms with Crippen LogP contribution in [0.25, 0.3) is 22.0 Å². The molecule has 4 rings (SSSR count). The molecule has 0 aliphatic carbocycles. The second-order valence-electron chi connectivity index (χ2n) is 7.35. The molecule has 0 amide bonds. The van der Waals surface area contributed by atoms with Crippen LogP contribution < -0.4 is 0 Å². The van der Waals surface area contributed by atoms with Crippen LogP contribution in [0.4, 0.5) is 0 Å². The van der Waals surface area contributed by atoms with E-state index in [0.717, 1.165) is 23.1 Å². The molecule has 2 aromatic carbocycles. The maximum absolute atomic E-state index is 11.6. The Bertz CT molecular complexity index is 1040. The highest BCUT2D eigenvalue weighted by Crippen LogP contribution is 2.29. The first-order valence-corrected chi connectivity index (χ1v) is 10.9. The van der Waals surface area contributed by atoms with Gasteiger partial charge in [-0.05, 0) is 73.8 Å². The molecule has 0 radical (unpaired) electrons. The van der Waals surface area contributed by atoms with Gasteiger partial charge >= 0.3 is 0 Å². The highest BCUT2D eigenvalue weighted by Gasteiger charge is 2.22. The number of aromatic nitrogens is 1. The second-order valence-corrected chi connectivity index (χ2v) is 9.37. The van der Waals surface area contributed by atoms with Crippen LogP contribution >= 0.6 is 0 Å². The quantitative estimate of drug-likeness (QED) is 0.760. The van der Waals surface area contributed by atoms with Crippen molar-refractivity contribution in [2.75, 3.05) is 19.8 Å². The Kier molecular flexibility index (Phi) is 4.37. The molecular weight excluding hydrogens is 344 g/mol. The smallest absolute Gasteiger partial charge is 0.175 e. The van der Waals surface area contributed by atoms with E-state index in [1.165, 1.54) is 36.6 Å². The minimum atomic E-state index is -3.16. The summed E-state index contributed by atoms with van der Waals surface area (Å²) in [6.45, 7) is 1.19. The molecule has 1 aromatic heterocycles. The van der Waals surface area contributed by atoms with Gasteiger partial charge < -0.3 is 9.88 Å². The summed E-state index contributed by atoms with van der Waals surface area (Å²) in [5.74, 6) is 0. The molecule has 1 saturated heterocycles. The Morgan fingerprint density at radius 2 is 1.85 bits per heavy atom. The summed E-state index contributed by atoms with van der Waals surface area (Å²) >= 11 is 0. The van der Waals surface area contributed by atoms with Crippen LogP contribution in [-0.4, -0.2) is 44.2 Å². The predicted octanol–water partition coefficient (Wildman–Crippen LogP) is 3.88. The Balaban J connectivity index is 1.67. The van der Waals surface area contributed by atoms with Gasteiger partial charge in [-0.15, -0.1) is 0 Å². The summed E-state index contributed by atoms with van der Waals surface area (Å²) in [4.78, 5) is 6.19. The van der Waals surface area contributed by atoms with Gasteiger partial charge in [0.05, 0.1) is 4.90 Å². The third kappa shape index (κ3) is 3.29. The van der Waals surface area contributed by atoms with Crippen LogP contribution in [0.1, 0.15) is 18.4 Å². The van der Waals surface area contributed by atoms with Crippen molar-refractivity contribution in [1.29, 1.82) is 0 Å². The number of nitrogens with zero attached hydrogens (tertiary/aromatic N) is 1. The fourth-order valence-electron chi connectivity index (χ4n) is 3.91. The maximum Gasteiger partial charge on any atom is 0.175 e. The predicted molar refractivity (Wildman–Crippen MR) is 106 cm³/mol. The molecule has 0 spiro atoms. The van der Waals surface area contributed by atoms with E-state index in [1.807, 2.05) is 12.1 Å². The maximum atomic E-state index is 11.6. The van der Waals surface area contributed by atoms with Crippen molar-refractivity contribution in [3.8, 4) is 11.1 Å². The van der Waals surface area contributed by atoms with Crippen molar-refractivity contribution in [2.24, 2.45) is 0 Å². The van der Waals surface area contributed by atoms with Crippen LogP contribution in [0.2, 0.25) is 0 Å². The van der Waals surface area contributed by atoms with E-state index in [1.54, 1.807) is 12.1 Å². The zero-order chi connectivity index (χ0) is 18.3. The lowest BCUT2D eigenvalue weighted by molar-refractivity contribution is 0.310. The van der Waals surface area contributed by atoms with Gasteiger partial charge in [-0.1, -0.05) is 18.2 Å². The number of fused-ring (bicyclic) bond motifs is 1. The molecular formula is C21H24N2O2S. The number of sulfone groups is 1. The number of nitrogens with one attached hydrogen (secondary N) is 1. The average Bonchev–Trinajstić information content (AvgIpc) is 3.21. The highest BCUT2D eigenvalue weighted by molar-refractivity contribution is 7.90. The second kappa shape index (κ2) is 6.56. The first-order chi connectivity index (χ1) is 12.4. The Labute approximate surface area is 154 Å². The number of benzene rings is 2. The number of likely N-dealkylation sites (N-methyl/N-ethyl adjacent to an activating group) is 1. The lowest BCUT2D eigenvalue weighted by atomic mass is 9.99. The van der Waals surface area contributed by atoms with E-state index in [4.69, 9.17) is 0 Å². The van der Waals surface area contributed by atoms with Gasteiger partial charge in [0, 0.05) is 29.4 Å². The number of likely N-dealkylation sites (tertiary alicyclic amines) is 1. The van der Waals surface area contributed by atoms with Crippen molar-refractivity contribution in [3.63, 3.8) is 0 Å². The Morgan fingerprint density at radius 3 is 2.50 bits per heavy atom. The number of H-pyrrole nitrogens is 1. The standard InChI is InChI=1S/C21H24N2O2S/c1-23-11-3-4-18(23)12-17-14-22-21-10-7-16(13-20(17)21)15-5-8-19(9-6-15)26(2,24)25/h5-10,13-14,18,22H,3-4,11-12H2,1-2H3. The van der Waals surface area contributed by atoms with Crippen molar-refractivity contribution < 1.29 is 8.42 Å². The largest absolute Gasteiger partial charge is 0.361 e. The van der Waals surface area contributed by atoms with Gasteiger partial charge in [0.15, 0.2) is 9.84 Å². The van der Waals surface area contributed by atoms with Crippen LogP contribution in [0.5, 0.6) is 0 Å². The zero-order valence-corrected chi connectivity index (χ0v) is 16.0. The summed E-state index contributed by atoms with van der Waals surface area (Å²) in [6.07, 6.45) is 6.97. The average molecular weight is 369 g/mol. The zero-order valence-electron chi connectivity index (χ0n) is 15.2. The first-order valence-electron chi connectivity index (χ1n) is 9.02. The highest BCUT2D eigenvalue weighted by atomic mass is 32.2. The number of aromatic amines is 1. The summed E-state index contributed by atoms with van der Waals surface area (Å²) in [6, 6.07) is 14.2. The van der Waals surface area contributed by atoms with Gasteiger partial charge in [-0.2, -0.15) is 0 Å². The molecule has 1 atom stereocenters. The topological polar surface area (TPSA) is 53.2 Å². The summed E-state index contributed by atoms with van der Waals surface area (Å²) < 4.78 is 23.3. The minimum Gasteiger partial charge on any atom is -0.361 e. The Morgan fingerprint density at radius 1 is 1.12 bits per heavy atom. The molecule has 1 fully saturated rings. The summed E-state index contributed by atoms with van der Waals surface area (Å²) in [5.41, 5.74) is 4.65. The summed E-state index contributed by atoms with van der Waals surface area (Å²) in [7, 11) is -0.953. The van der Waals surface area contributed by atoms with Crippen LogP contribution in [0.15, 0.2) is 53.6 Å². The van der Waals surface area contributed by atoms with E-state index >= 15 is 0 Å². The van der Waals surface area contributed by atoms with Crippen molar-refractivity contribution in [2.45, 2.75) is 30.2 Å².